The molecule has 0 aliphatic heterocycles. The Morgan fingerprint density at radius 1 is 1.09 bits per heavy atom. The minimum Gasteiger partial charge on any atom is -0.467 e. The number of halogens is 1. The molecule has 0 unspecified atom stereocenters. The van der Waals surface area contributed by atoms with Crippen LogP contribution in [0.15, 0.2) is 48.5 Å². The average molecular weight is 449 g/mol. The van der Waals surface area contributed by atoms with Gasteiger partial charge in [-0.05, 0) is 62.6 Å². The molecule has 4 rings (SSSR count). The van der Waals surface area contributed by atoms with Gasteiger partial charge in [-0.1, -0.05) is 42.3 Å². The summed E-state index contributed by atoms with van der Waals surface area (Å²) in [6.45, 7) is 7.85. The van der Waals surface area contributed by atoms with Gasteiger partial charge in [0.05, 0.1) is 11.4 Å². The molecule has 0 atom stereocenters. The van der Waals surface area contributed by atoms with E-state index in [2.05, 4.69) is 12.2 Å². The van der Waals surface area contributed by atoms with Crippen molar-refractivity contribution in [3.05, 3.63) is 75.9 Å². The Balaban J connectivity index is 1.61. The van der Waals surface area contributed by atoms with Crippen molar-refractivity contribution in [1.82, 2.24) is 14.8 Å². The third-order valence-corrected chi connectivity index (χ3v) is 5.59. The number of fused-ring (bicyclic) bond motifs is 1. The lowest BCUT2D eigenvalue weighted by Crippen LogP contribution is -2.21. The van der Waals surface area contributed by atoms with Crippen LogP contribution in [0.4, 0.5) is 5.69 Å². The minimum atomic E-state index is -0.279. The van der Waals surface area contributed by atoms with E-state index in [1.807, 2.05) is 61.9 Å². The molecule has 0 fully saturated rings. The molecular formula is C25H25ClN4O2. The summed E-state index contributed by atoms with van der Waals surface area (Å²) in [4.78, 5) is 17.2. The number of anilines is 1. The van der Waals surface area contributed by atoms with E-state index in [-0.39, 0.29) is 12.5 Å². The molecule has 0 saturated heterocycles. The van der Waals surface area contributed by atoms with Gasteiger partial charge in [0.25, 0.3) is 5.91 Å². The number of amides is 1. The molecule has 0 aliphatic carbocycles. The molecule has 6 nitrogen and oxygen atoms in total. The SMILES string of the molecule is CCc1cc(OCC(=O)Nc2cc(Cl)ccc2C)nc2c1c(C)nn2-c1ccc(C)cc1. The molecule has 2 heterocycles. The molecule has 0 radical (unpaired) electrons. The highest BCUT2D eigenvalue weighted by Crippen LogP contribution is 2.28. The molecule has 2 aromatic carbocycles. The van der Waals surface area contributed by atoms with Crippen LogP contribution in [0.1, 0.15) is 29.3 Å². The van der Waals surface area contributed by atoms with Crippen molar-refractivity contribution in [2.75, 3.05) is 11.9 Å². The van der Waals surface area contributed by atoms with E-state index < -0.39 is 0 Å². The quantitative estimate of drug-likeness (QED) is 0.418. The second-order valence-corrected chi connectivity index (χ2v) is 8.24. The van der Waals surface area contributed by atoms with Crippen LogP contribution in [0.2, 0.25) is 5.02 Å². The zero-order valence-corrected chi connectivity index (χ0v) is 19.3. The average Bonchev–Trinajstić information content (AvgIpc) is 3.11. The van der Waals surface area contributed by atoms with E-state index in [0.29, 0.717) is 22.2 Å². The zero-order valence-electron chi connectivity index (χ0n) is 18.6. The standard InChI is InChI=1S/C25H25ClN4O2/c1-5-18-12-23(32-14-22(31)27-21-13-19(26)9-8-16(21)3)28-25-24(18)17(4)29-30(25)20-10-6-15(2)7-11-20/h6-13H,5,14H2,1-4H3,(H,27,31). The van der Waals surface area contributed by atoms with Crippen molar-refractivity contribution >= 4 is 34.2 Å². The Morgan fingerprint density at radius 3 is 2.56 bits per heavy atom. The van der Waals surface area contributed by atoms with Gasteiger partial charge in [0.1, 0.15) is 0 Å². The molecule has 1 N–H and O–H groups in total. The normalized spacial score (nSPS) is 11.0. The maximum Gasteiger partial charge on any atom is 0.262 e. The monoisotopic (exact) mass is 448 g/mol. The number of aromatic nitrogens is 3. The van der Waals surface area contributed by atoms with Crippen molar-refractivity contribution in [3.8, 4) is 11.6 Å². The summed E-state index contributed by atoms with van der Waals surface area (Å²) in [5.41, 5.74) is 6.39. The molecule has 32 heavy (non-hydrogen) atoms. The third-order valence-electron chi connectivity index (χ3n) is 5.36. The van der Waals surface area contributed by atoms with Crippen LogP contribution in [-0.4, -0.2) is 27.3 Å². The first-order chi connectivity index (χ1) is 15.4. The maximum absolute atomic E-state index is 12.5. The second kappa shape index (κ2) is 9.01. The topological polar surface area (TPSA) is 69.0 Å². The number of benzene rings is 2. The molecule has 0 spiro atoms. The Labute approximate surface area is 192 Å². The fraction of sp³-hybridized carbons (Fsp3) is 0.240. The minimum absolute atomic E-state index is 0.161. The highest BCUT2D eigenvalue weighted by Gasteiger charge is 2.17. The summed E-state index contributed by atoms with van der Waals surface area (Å²) in [6, 6.07) is 15.4. The Hall–Kier alpha value is -3.38. The molecule has 0 bridgehead atoms. The number of aryl methyl sites for hydroxylation is 4. The summed E-state index contributed by atoms with van der Waals surface area (Å²) < 4.78 is 7.61. The predicted molar refractivity (Wildman–Crippen MR) is 128 cm³/mol. The molecule has 4 aromatic rings. The van der Waals surface area contributed by atoms with Gasteiger partial charge in [0.2, 0.25) is 5.88 Å². The van der Waals surface area contributed by atoms with Gasteiger partial charge < -0.3 is 10.1 Å². The van der Waals surface area contributed by atoms with Crippen molar-refractivity contribution in [3.63, 3.8) is 0 Å². The lowest BCUT2D eigenvalue weighted by molar-refractivity contribution is -0.118. The first kappa shape index (κ1) is 21.8. The van der Waals surface area contributed by atoms with Crippen LogP contribution in [0.5, 0.6) is 5.88 Å². The lowest BCUT2D eigenvalue weighted by atomic mass is 10.1. The second-order valence-electron chi connectivity index (χ2n) is 7.80. The molecular weight excluding hydrogens is 424 g/mol. The van der Waals surface area contributed by atoms with Crippen molar-refractivity contribution in [1.29, 1.82) is 0 Å². The summed E-state index contributed by atoms with van der Waals surface area (Å²) in [7, 11) is 0. The number of ether oxygens (including phenoxy) is 1. The number of hydrogen-bond acceptors (Lipinski definition) is 4. The maximum atomic E-state index is 12.5. The van der Waals surface area contributed by atoms with Gasteiger partial charge in [0.15, 0.2) is 12.3 Å². The summed E-state index contributed by atoms with van der Waals surface area (Å²) in [6.07, 6.45) is 0.795. The number of pyridine rings is 1. The van der Waals surface area contributed by atoms with Crippen LogP contribution >= 0.6 is 11.6 Å². The van der Waals surface area contributed by atoms with E-state index in [4.69, 9.17) is 26.4 Å². The smallest absolute Gasteiger partial charge is 0.262 e. The number of nitrogens with one attached hydrogen (secondary N) is 1. The van der Waals surface area contributed by atoms with Crippen LogP contribution < -0.4 is 10.1 Å². The molecule has 164 valence electrons. The number of carbonyl (C=O) groups excluding carboxylic acids is 1. The molecule has 1 amide bonds. The number of nitrogens with zero attached hydrogens (tertiary/aromatic N) is 3. The van der Waals surface area contributed by atoms with Crippen LogP contribution in [0, 0.1) is 20.8 Å². The van der Waals surface area contributed by atoms with E-state index in [9.17, 15) is 4.79 Å². The van der Waals surface area contributed by atoms with E-state index in [1.54, 1.807) is 12.1 Å². The number of carbonyl (C=O) groups is 1. The van der Waals surface area contributed by atoms with Gasteiger partial charge in [-0.2, -0.15) is 10.1 Å². The first-order valence-electron chi connectivity index (χ1n) is 10.5. The Bertz CT molecular complexity index is 1300. The van der Waals surface area contributed by atoms with Gasteiger partial charge in [-0.25, -0.2) is 4.68 Å². The van der Waals surface area contributed by atoms with E-state index >= 15 is 0 Å². The van der Waals surface area contributed by atoms with Crippen LogP contribution in [0.3, 0.4) is 0 Å². The first-order valence-corrected chi connectivity index (χ1v) is 10.9. The summed E-state index contributed by atoms with van der Waals surface area (Å²) in [5, 5.41) is 9.13. The van der Waals surface area contributed by atoms with Crippen LogP contribution in [-0.2, 0) is 11.2 Å². The van der Waals surface area contributed by atoms with Crippen molar-refractivity contribution < 1.29 is 9.53 Å². The third kappa shape index (κ3) is 4.46. The molecule has 2 aromatic heterocycles. The number of hydrogen-bond donors (Lipinski definition) is 1. The Kier molecular flexibility index (Phi) is 6.15. The number of rotatable bonds is 6. The molecule has 0 aliphatic rings. The van der Waals surface area contributed by atoms with Crippen molar-refractivity contribution in [2.45, 2.75) is 34.1 Å². The van der Waals surface area contributed by atoms with Gasteiger partial charge >= 0.3 is 0 Å². The Morgan fingerprint density at radius 2 is 1.84 bits per heavy atom. The fourth-order valence-electron chi connectivity index (χ4n) is 3.63. The lowest BCUT2D eigenvalue weighted by Gasteiger charge is -2.11. The fourth-order valence-corrected chi connectivity index (χ4v) is 3.80. The van der Waals surface area contributed by atoms with Gasteiger partial charge in [-0.3, -0.25) is 4.79 Å². The van der Waals surface area contributed by atoms with Gasteiger partial charge in [-0.15, -0.1) is 0 Å². The highest BCUT2D eigenvalue weighted by atomic mass is 35.5. The largest absolute Gasteiger partial charge is 0.467 e. The van der Waals surface area contributed by atoms with Gasteiger partial charge in [0, 0.05) is 22.2 Å². The highest BCUT2D eigenvalue weighted by molar-refractivity contribution is 6.31. The predicted octanol–water partition coefficient (Wildman–Crippen LogP) is 5.58. The van der Waals surface area contributed by atoms with E-state index in [0.717, 1.165) is 34.3 Å². The molecule has 0 saturated carbocycles. The zero-order chi connectivity index (χ0) is 22.8. The molecule has 7 heteroatoms. The van der Waals surface area contributed by atoms with E-state index in [1.165, 1.54) is 5.56 Å². The van der Waals surface area contributed by atoms with Crippen LogP contribution in [0.25, 0.3) is 16.7 Å². The summed E-state index contributed by atoms with van der Waals surface area (Å²) in [5.74, 6) is 0.110. The van der Waals surface area contributed by atoms with Crippen molar-refractivity contribution in [2.24, 2.45) is 0 Å². The summed E-state index contributed by atoms with van der Waals surface area (Å²) >= 11 is 6.04.